The Morgan fingerprint density at radius 3 is 2.40 bits per heavy atom. The topological polar surface area (TPSA) is 33.2 Å². The standard InChI is InChI=1S/C13H11F3N2OS/c1-7-17-5-9(20-7)6-18(2)13(19)8-3-10(14)12(16)11(15)4-8/h3-5H,6H2,1-2H3. The lowest BCUT2D eigenvalue weighted by Crippen LogP contribution is -2.26. The first-order valence-electron chi connectivity index (χ1n) is 5.70. The molecule has 0 aliphatic heterocycles. The van der Waals surface area contributed by atoms with E-state index in [4.69, 9.17) is 0 Å². The fourth-order valence-corrected chi connectivity index (χ4v) is 2.53. The highest BCUT2D eigenvalue weighted by Crippen LogP contribution is 2.17. The molecular formula is C13H11F3N2OS. The number of carbonyl (C=O) groups excluding carboxylic acids is 1. The molecule has 2 aromatic rings. The van der Waals surface area contributed by atoms with Crippen LogP contribution in [0.4, 0.5) is 13.2 Å². The maximum absolute atomic E-state index is 13.1. The highest BCUT2D eigenvalue weighted by Gasteiger charge is 2.18. The van der Waals surface area contributed by atoms with E-state index in [0.29, 0.717) is 12.1 Å². The first kappa shape index (κ1) is 14.5. The molecule has 0 fully saturated rings. The van der Waals surface area contributed by atoms with Crippen molar-refractivity contribution in [2.45, 2.75) is 13.5 Å². The van der Waals surface area contributed by atoms with E-state index in [0.717, 1.165) is 9.88 Å². The summed E-state index contributed by atoms with van der Waals surface area (Å²) in [4.78, 5) is 18.2. The van der Waals surface area contributed by atoms with Crippen molar-refractivity contribution in [2.75, 3.05) is 7.05 Å². The zero-order chi connectivity index (χ0) is 14.9. The number of aromatic nitrogens is 1. The van der Waals surface area contributed by atoms with Crippen molar-refractivity contribution in [3.05, 3.63) is 51.2 Å². The summed E-state index contributed by atoms with van der Waals surface area (Å²) in [5, 5.41) is 0.861. The lowest BCUT2D eigenvalue weighted by molar-refractivity contribution is 0.0785. The molecule has 20 heavy (non-hydrogen) atoms. The normalized spacial score (nSPS) is 10.7. The molecule has 0 radical (unpaired) electrons. The molecule has 0 atom stereocenters. The fraction of sp³-hybridized carbons (Fsp3) is 0.231. The van der Waals surface area contributed by atoms with Gasteiger partial charge in [0.2, 0.25) is 0 Å². The van der Waals surface area contributed by atoms with Gasteiger partial charge in [0.25, 0.3) is 5.91 Å². The Morgan fingerprint density at radius 1 is 1.30 bits per heavy atom. The first-order chi connectivity index (χ1) is 9.38. The molecule has 0 spiro atoms. The molecule has 0 N–H and O–H groups in total. The summed E-state index contributed by atoms with van der Waals surface area (Å²) < 4.78 is 39.0. The number of thiazole rings is 1. The van der Waals surface area contributed by atoms with Gasteiger partial charge in [-0.3, -0.25) is 4.79 Å². The summed E-state index contributed by atoms with van der Waals surface area (Å²) in [6.45, 7) is 2.10. The van der Waals surface area contributed by atoms with Crippen molar-refractivity contribution in [1.29, 1.82) is 0 Å². The number of rotatable bonds is 3. The van der Waals surface area contributed by atoms with E-state index in [-0.39, 0.29) is 12.1 Å². The maximum atomic E-state index is 13.1. The van der Waals surface area contributed by atoms with Gasteiger partial charge in [-0.1, -0.05) is 0 Å². The van der Waals surface area contributed by atoms with Gasteiger partial charge in [-0.25, -0.2) is 18.2 Å². The summed E-state index contributed by atoms with van der Waals surface area (Å²) in [6.07, 6.45) is 1.63. The van der Waals surface area contributed by atoms with E-state index < -0.39 is 23.4 Å². The average molecular weight is 300 g/mol. The predicted octanol–water partition coefficient (Wildman–Crippen LogP) is 3.14. The Morgan fingerprint density at radius 2 is 1.90 bits per heavy atom. The van der Waals surface area contributed by atoms with Crippen LogP contribution in [0.25, 0.3) is 0 Å². The van der Waals surface area contributed by atoms with E-state index in [9.17, 15) is 18.0 Å². The van der Waals surface area contributed by atoms with Crippen LogP contribution in [0.5, 0.6) is 0 Å². The van der Waals surface area contributed by atoms with Crippen LogP contribution >= 0.6 is 11.3 Å². The van der Waals surface area contributed by atoms with Crippen molar-refractivity contribution >= 4 is 17.2 Å². The molecule has 0 aliphatic rings. The molecule has 0 aliphatic carbocycles. The van der Waals surface area contributed by atoms with E-state index in [1.54, 1.807) is 6.20 Å². The Labute approximate surface area is 117 Å². The highest BCUT2D eigenvalue weighted by atomic mass is 32.1. The lowest BCUT2D eigenvalue weighted by atomic mass is 10.2. The number of benzene rings is 1. The highest BCUT2D eigenvalue weighted by molar-refractivity contribution is 7.11. The van der Waals surface area contributed by atoms with Crippen LogP contribution in [-0.4, -0.2) is 22.8 Å². The second kappa shape index (κ2) is 5.62. The third kappa shape index (κ3) is 2.98. The number of carbonyl (C=O) groups is 1. The van der Waals surface area contributed by atoms with Crippen molar-refractivity contribution in [3.63, 3.8) is 0 Å². The molecule has 1 amide bonds. The van der Waals surface area contributed by atoms with Crippen LogP contribution in [0.2, 0.25) is 0 Å². The van der Waals surface area contributed by atoms with Crippen molar-refractivity contribution < 1.29 is 18.0 Å². The molecule has 2 rings (SSSR count). The predicted molar refractivity (Wildman–Crippen MR) is 69.0 cm³/mol. The molecule has 3 nitrogen and oxygen atoms in total. The van der Waals surface area contributed by atoms with Crippen LogP contribution in [0, 0.1) is 24.4 Å². The minimum atomic E-state index is -1.58. The minimum Gasteiger partial charge on any atom is -0.337 e. The van der Waals surface area contributed by atoms with Gasteiger partial charge in [0.15, 0.2) is 17.5 Å². The second-order valence-electron chi connectivity index (χ2n) is 4.26. The summed E-state index contributed by atoms with van der Waals surface area (Å²) in [5.74, 6) is -4.93. The molecule has 0 bridgehead atoms. The van der Waals surface area contributed by atoms with Gasteiger partial charge in [0.05, 0.1) is 11.6 Å². The van der Waals surface area contributed by atoms with Crippen LogP contribution in [0.1, 0.15) is 20.2 Å². The van der Waals surface area contributed by atoms with Crippen LogP contribution in [0.3, 0.4) is 0 Å². The molecular weight excluding hydrogens is 289 g/mol. The molecule has 1 heterocycles. The number of aryl methyl sites for hydroxylation is 1. The van der Waals surface area contributed by atoms with E-state index in [2.05, 4.69) is 4.98 Å². The summed E-state index contributed by atoms with van der Waals surface area (Å²) in [5.41, 5.74) is -0.231. The number of halogens is 3. The van der Waals surface area contributed by atoms with Gasteiger partial charge < -0.3 is 4.90 Å². The summed E-state index contributed by atoms with van der Waals surface area (Å²) in [7, 11) is 1.50. The molecule has 0 saturated heterocycles. The van der Waals surface area contributed by atoms with Gasteiger partial charge in [0, 0.05) is 23.7 Å². The molecule has 1 aromatic carbocycles. The fourth-order valence-electron chi connectivity index (χ4n) is 1.68. The quantitative estimate of drug-likeness (QED) is 0.816. The lowest BCUT2D eigenvalue weighted by Gasteiger charge is -2.16. The van der Waals surface area contributed by atoms with Crippen molar-refractivity contribution in [3.8, 4) is 0 Å². The van der Waals surface area contributed by atoms with Gasteiger partial charge in [-0.05, 0) is 19.1 Å². The van der Waals surface area contributed by atoms with Crippen LogP contribution in [0.15, 0.2) is 18.3 Å². The third-order valence-electron chi connectivity index (χ3n) is 2.64. The summed E-state index contributed by atoms with van der Waals surface area (Å²) in [6, 6.07) is 1.38. The second-order valence-corrected chi connectivity index (χ2v) is 5.58. The molecule has 1 aromatic heterocycles. The number of hydrogen-bond acceptors (Lipinski definition) is 3. The Kier molecular flexibility index (Phi) is 4.08. The van der Waals surface area contributed by atoms with Gasteiger partial charge in [-0.15, -0.1) is 11.3 Å². The Balaban J connectivity index is 2.18. The third-order valence-corrected chi connectivity index (χ3v) is 3.54. The number of nitrogens with zero attached hydrogens (tertiary/aromatic N) is 2. The largest absolute Gasteiger partial charge is 0.337 e. The Bertz CT molecular complexity index is 634. The zero-order valence-electron chi connectivity index (χ0n) is 10.8. The zero-order valence-corrected chi connectivity index (χ0v) is 11.6. The van der Waals surface area contributed by atoms with Gasteiger partial charge in [-0.2, -0.15) is 0 Å². The monoisotopic (exact) mass is 300 g/mol. The van der Waals surface area contributed by atoms with Gasteiger partial charge in [0.1, 0.15) is 0 Å². The average Bonchev–Trinajstić information content (AvgIpc) is 2.79. The molecule has 7 heteroatoms. The smallest absolute Gasteiger partial charge is 0.254 e. The van der Waals surface area contributed by atoms with Crippen LogP contribution in [-0.2, 0) is 6.54 Å². The molecule has 106 valence electrons. The first-order valence-corrected chi connectivity index (χ1v) is 6.51. The molecule has 0 saturated carbocycles. The van der Waals surface area contributed by atoms with E-state index >= 15 is 0 Å². The number of hydrogen-bond donors (Lipinski definition) is 0. The SMILES string of the molecule is Cc1ncc(CN(C)C(=O)c2cc(F)c(F)c(F)c2)s1. The van der Waals surface area contributed by atoms with Crippen molar-refractivity contribution in [1.82, 2.24) is 9.88 Å². The van der Waals surface area contributed by atoms with E-state index in [1.807, 2.05) is 6.92 Å². The summed E-state index contributed by atoms with van der Waals surface area (Å²) >= 11 is 1.42. The minimum absolute atomic E-state index is 0.231. The number of amides is 1. The Hall–Kier alpha value is -1.89. The van der Waals surface area contributed by atoms with Crippen LogP contribution < -0.4 is 0 Å². The maximum Gasteiger partial charge on any atom is 0.254 e. The van der Waals surface area contributed by atoms with Gasteiger partial charge >= 0.3 is 0 Å². The molecule has 0 unspecified atom stereocenters. The van der Waals surface area contributed by atoms with Crippen molar-refractivity contribution in [2.24, 2.45) is 0 Å². The van der Waals surface area contributed by atoms with E-state index in [1.165, 1.54) is 23.3 Å².